The zero-order chi connectivity index (χ0) is 23.1. The van der Waals surface area contributed by atoms with E-state index in [2.05, 4.69) is 21.3 Å². The van der Waals surface area contributed by atoms with E-state index < -0.39 is 5.92 Å². The highest BCUT2D eigenvalue weighted by Crippen LogP contribution is 2.49. The molecule has 0 spiro atoms. The Labute approximate surface area is 200 Å². The van der Waals surface area contributed by atoms with Crippen molar-refractivity contribution in [1.82, 2.24) is 15.2 Å². The molecule has 7 nitrogen and oxygen atoms in total. The molecular formula is C24H18Cl2N6O. The van der Waals surface area contributed by atoms with Crippen molar-refractivity contribution in [2.75, 3.05) is 4.90 Å². The van der Waals surface area contributed by atoms with Crippen LogP contribution in [0.4, 0.5) is 5.95 Å². The third-order valence-corrected chi connectivity index (χ3v) is 6.69. The second-order valence-corrected chi connectivity index (χ2v) is 8.80. The number of hydrogen-bond acceptors (Lipinski definition) is 6. The number of halogens is 2. The van der Waals surface area contributed by atoms with E-state index >= 15 is 0 Å². The summed E-state index contributed by atoms with van der Waals surface area (Å²) in [7, 11) is 0. The molecule has 2 atom stereocenters. The van der Waals surface area contributed by atoms with Crippen LogP contribution in [0.5, 0.6) is 0 Å². The molecular weight excluding hydrogens is 459 g/mol. The van der Waals surface area contributed by atoms with Crippen LogP contribution in [0.3, 0.4) is 0 Å². The molecule has 0 bridgehead atoms. The van der Waals surface area contributed by atoms with Crippen molar-refractivity contribution in [2.24, 2.45) is 5.73 Å². The van der Waals surface area contributed by atoms with Gasteiger partial charge in [-0.25, -0.2) is 5.10 Å². The van der Waals surface area contributed by atoms with Gasteiger partial charge in [-0.3, -0.25) is 9.69 Å². The second-order valence-electron chi connectivity index (χ2n) is 7.95. The maximum atomic E-state index is 13.7. The lowest BCUT2D eigenvalue weighted by molar-refractivity contribution is -0.116. The molecule has 1 aromatic heterocycles. The minimum absolute atomic E-state index is 0.0411. The molecule has 2 heterocycles. The van der Waals surface area contributed by atoms with Gasteiger partial charge in [0.15, 0.2) is 5.78 Å². The molecule has 33 heavy (non-hydrogen) atoms. The second kappa shape index (κ2) is 8.39. The predicted octanol–water partition coefficient (Wildman–Crippen LogP) is 4.81. The lowest BCUT2D eigenvalue weighted by atomic mass is 9.72. The van der Waals surface area contributed by atoms with Crippen molar-refractivity contribution in [3.63, 3.8) is 0 Å². The van der Waals surface area contributed by atoms with E-state index in [4.69, 9.17) is 28.9 Å². The Kier molecular flexibility index (Phi) is 5.41. The quantitative estimate of drug-likeness (QED) is 0.560. The molecule has 0 radical (unpaired) electrons. The molecule has 2 aliphatic rings. The normalized spacial score (nSPS) is 20.6. The molecule has 3 aromatic rings. The fraction of sp³-hybridized carbons (Fsp3) is 0.167. The highest BCUT2D eigenvalue weighted by atomic mass is 35.5. The summed E-state index contributed by atoms with van der Waals surface area (Å²) in [5.41, 5.74) is 9.62. The highest BCUT2D eigenvalue weighted by Gasteiger charge is 2.44. The number of aromatic nitrogens is 3. The van der Waals surface area contributed by atoms with E-state index in [0.29, 0.717) is 45.7 Å². The molecule has 1 aliphatic carbocycles. The molecule has 2 aromatic carbocycles. The third kappa shape index (κ3) is 3.58. The molecule has 5 rings (SSSR count). The summed E-state index contributed by atoms with van der Waals surface area (Å²) in [6.45, 7) is 0. The first kappa shape index (κ1) is 21.3. The van der Waals surface area contributed by atoms with Crippen LogP contribution < -0.4 is 10.6 Å². The topological polar surface area (TPSA) is 112 Å². The van der Waals surface area contributed by atoms with Crippen LogP contribution in [0.25, 0.3) is 0 Å². The molecule has 0 fully saturated rings. The van der Waals surface area contributed by atoms with Crippen LogP contribution in [0.15, 0.2) is 77.5 Å². The maximum Gasteiger partial charge on any atom is 0.231 e. The number of hydrogen-bond donors (Lipinski definition) is 2. The van der Waals surface area contributed by atoms with Gasteiger partial charge in [-0.15, -0.1) is 0 Å². The molecule has 0 unspecified atom stereocenters. The SMILES string of the molecule is N#CC1=C(N)N(c2ncn[nH]2)C2=C(C(=O)C[C@H](c3ccccc3)C2)[C@H]1c1ccc(Cl)cc1Cl. The van der Waals surface area contributed by atoms with E-state index in [1.54, 1.807) is 23.1 Å². The van der Waals surface area contributed by atoms with E-state index in [9.17, 15) is 10.1 Å². The summed E-state index contributed by atoms with van der Waals surface area (Å²) in [6.07, 6.45) is 2.21. The number of nitriles is 1. The van der Waals surface area contributed by atoms with Gasteiger partial charge in [-0.1, -0.05) is 59.6 Å². The lowest BCUT2D eigenvalue weighted by Crippen LogP contribution is -2.40. The molecule has 1 aliphatic heterocycles. The summed E-state index contributed by atoms with van der Waals surface area (Å²) < 4.78 is 0. The zero-order valence-corrected chi connectivity index (χ0v) is 18.8. The van der Waals surface area contributed by atoms with Crippen molar-refractivity contribution >= 4 is 34.9 Å². The monoisotopic (exact) mass is 476 g/mol. The molecule has 3 N–H and O–H groups in total. The van der Waals surface area contributed by atoms with Crippen molar-refractivity contribution in [3.8, 4) is 6.07 Å². The molecule has 0 saturated heterocycles. The lowest BCUT2D eigenvalue weighted by Gasteiger charge is -2.40. The molecule has 9 heteroatoms. The highest BCUT2D eigenvalue weighted by molar-refractivity contribution is 6.35. The smallest absolute Gasteiger partial charge is 0.231 e. The van der Waals surface area contributed by atoms with Gasteiger partial charge < -0.3 is 5.73 Å². The van der Waals surface area contributed by atoms with Crippen molar-refractivity contribution in [1.29, 1.82) is 5.26 Å². The minimum atomic E-state index is -0.696. The number of benzene rings is 2. The van der Waals surface area contributed by atoms with E-state index in [1.807, 2.05) is 30.3 Å². The summed E-state index contributed by atoms with van der Waals surface area (Å²) in [6, 6.07) is 17.1. The van der Waals surface area contributed by atoms with Crippen molar-refractivity contribution < 1.29 is 4.79 Å². The number of carbonyl (C=O) groups excluding carboxylic acids is 1. The number of carbonyl (C=O) groups is 1. The average molecular weight is 477 g/mol. The third-order valence-electron chi connectivity index (χ3n) is 6.13. The van der Waals surface area contributed by atoms with Gasteiger partial charge in [0.2, 0.25) is 5.95 Å². The average Bonchev–Trinajstić information content (AvgIpc) is 3.33. The fourth-order valence-electron chi connectivity index (χ4n) is 4.69. The number of allylic oxidation sites excluding steroid dienone is 3. The van der Waals surface area contributed by atoms with Crippen LogP contribution in [-0.2, 0) is 4.79 Å². The largest absolute Gasteiger partial charge is 0.384 e. The number of ketones is 1. The van der Waals surface area contributed by atoms with Crippen LogP contribution >= 0.6 is 23.2 Å². The number of aromatic amines is 1. The number of rotatable bonds is 3. The van der Waals surface area contributed by atoms with Gasteiger partial charge in [0.05, 0.1) is 17.6 Å². The number of nitrogens with two attached hydrogens (primary N) is 1. The van der Waals surface area contributed by atoms with Gasteiger partial charge >= 0.3 is 0 Å². The van der Waals surface area contributed by atoms with Gasteiger partial charge in [0.25, 0.3) is 0 Å². The van der Waals surface area contributed by atoms with E-state index in [1.165, 1.54) is 6.33 Å². The Bertz CT molecular complexity index is 1340. The van der Waals surface area contributed by atoms with Gasteiger partial charge in [-0.05, 0) is 35.6 Å². The zero-order valence-electron chi connectivity index (χ0n) is 17.3. The maximum absolute atomic E-state index is 13.7. The first-order valence-electron chi connectivity index (χ1n) is 10.3. The first-order chi connectivity index (χ1) is 16.0. The number of anilines is 1. The van der Waals surface area contributed by atoms with Crippen molar-refractivity contribution in [3.05, 3.63) is 98.7 Å². The Morgan fingerprint density at radius 1 is 1.15 bits per heavy atom. The number of nitrogens with one attached hydrogen (secondary N) is 1. The van der Waals surface area contributed by atoms with Crippen LogP contribution in [-0.4, -0.2) is 21.0 Å². The fourth-order valence-corrected chi connectivity index (χ4v) is 5.20. The Balaban J connectivity index is 1.73. The van der Waals surface area contributed by atoms with E-state index in [0.717, 1.165) is 5.56 Å². The Morgan fingerprint density at radius 3 is 2.61 bits per heavy atom. The van der Waals surface area contributed by atoms with Crippen LogP contribution in [0.1, 0.15) is 35.8 Å². The predicted molar refractivity (Wildman–Crippen MR) is 125 cm³/mol. The number of Topliss-reactive ketones (excluding diaryl/α,β-unsaturated/α-hetero) is 1. The van der Waals surface area contributed by atoms with Gasteiger partial charge in [0.1, 0.15) is 12.1 Å². The minimum Gasteiger partial charge on any atom is -0.384 e. The van der Waals surface area contributed by atoms with Crippen LogP contribution in [0, 0.1) is 11.3 Å². The van der Waals surface area contributed by atoms with E-state index in [-0.39, 0.29) is 23.1 Å². The number of H-pyrrole nitrogens is 1. The van der Waals surface area contributed by atoms with Gasteiger partial charge in [-0.2, -0.15) is 15.3 Å². The Morgan fingerprint density at radius 2 is 1.94 bits per heavy atom. The standard InChI is InChI=1S/C24H18Cl2N6O/c25-15-6-7-16(18(26)10-15)21-17(11-27)23(28)32(24-29-12-30-31-24)19-8-14(9-20(33)22(19)21)13-4-2-1-3-5-13/h1-7,10,12,14,21H,8-9,28H2,(H,29,30,31)/t14-,21+/m1/s1. The molecule has 0 amide bonds. The summed E-state index contributed by atoms with van der Waals surface area (Å²) in [5.74, 6) is -0.273. The van der Waals surface area contributed by atoms with Gasteiger partial charge in [0, 0.05) is 27.7 Å². The summed E-state index contributed by atoms with van der Waals surface area (Å²) in [4.78, 5) is 19.6. The van der Waals surface area contributed by atoms with Crippen molar-refractivity contribution in [2.45, 2.75) is 24.7 Å². The van der Waals surface area contributed by atoms with Crippen LogP contribution in [0.2, 0.25) is 10.0 Å². The summed E-state index contributed by atoms with van der Waals surface area (Å²) in [5, 5.41) is 17.7. The molecule has 0 saturated carbocycles. The molecule has 164 valence electrons. The first-order valence-corrected chi connectivity index (χ1v) is 11.1. The Hall–Kier alpha value is -3.60. The summed E-state index contributed by atoms with van der Waals surface area (Å²) >= 11 is 12.6. The number of nitrogens with zero attached hydrogens (tertiary/aromatic N) is 4.